The van der Waals surface area contributed by atoms with Gasteiger partial charge in [0, 0.05) is 6.42 Å². The van der Waals surface area contributed by atoms with E-state index in [0.717, 1.165) is 17.1 Å². The maximum Gasteiger partial charge on any atom is 0.119 e. The minimum absolute atomic E-state index is 0.165. The second-order valence-electron chi connectivity index (χ2n) is 4.91. The van der Waals surface area contributed by atoms with Crippen LogP contribution in [0.3, 0.4) is 0 Å². The molecule has 0 saturated heterocycles. The third-order valence-electron chi connectivity index (χ3n) is 3.37. The summed E-state index contributed by atoms with van der Waals surface area (Å²) >= 11 is 0. The molecule has 2 aromatic rings. The molecule has 0 bridgehead atoms. The van der Waals surface area contributed by atoms with Gasteiger partial charge in [-0.3, -0.25) is 0 Å². The zero-order chi connectivity index (χ0) is 15.1. The highest BCUT2D eigenvalue weighted by atomic mass is 16.5. The number of benzene rings is 2. The molecule has 3 heteroatoms. The zero-order valence-corrected chi connectivity index (χ0v) is 12.4. The van der Waals surface area contributed by atoms with Crippen LogP contribution in [0.5, 0.6) is 11.5 Å². The smallest absolute Gasteiger partial charge is 0.119 e. The summed E-state index contributed by atoms with van der Waals surface area (Å²) < 4.78 is 10.8. The first-order chi connectivity index (χ1) is 10.2. The molecule has 108 valence electrons. The van der Waals surface area contributed by atoms with E-state index in [1.54, 1.807) is 7.11 Å². The summed E-state index contributed by atoms with van der Waals surface area (Å²) in [5.74, 6) is 1.47. The number of methoxy groups -OCH3 is 1. The second kappa shape index (κ2) is 7.35. The van der Waals surface area contributed by atoms with Gasteiger partial charge < -0.3 is 9.47 Å². The number of nitrogens with zero attached hydrogens (tertiary/aromatic N) is 1. The Morgan fingerprint density at radius 2 is 1.62 bits per heavy atom. The fourth-order valence-corrected chi connectivity index (χ4v) is 2.07. The molecule has 0 N–H and O–H groups in total. The molecule has 0 aromatic heterocycles. The Morgan fingerprint density at radius 1 is 1.00 bits per heavy atom. The van der Waals surface area contributed by atoms with Crippen molar-refractivity contribution in [2.45, 2.75) is 19.3 Å². The van der Waals surface area contributed by atoms with E-state index in [4.69, 9.17) is 9.47 Å². The molecule has 0 heterocycles. The Kier molecular flexibility index (Phi) is 5.22. The second-order valence-corrected chi connectivity index (χ2v) is 4.91. The van der Waals surface area contributed by atoms with Crippen LogP contribution in [0.2, 0.25) is 0 Å². The van der Waals surface area contributed by atoms with E-state index in [0.29, 0.717) is 13.0 Å². The molecule has 3 nitrogen and oxygen atoms in total. The lowest BCUT2D eigenvalue weighted by Gasteiger charge is -2.11. The van der Waals surface area contributed by atoms with E-state index in [-0.39, 0.29) is 5.92 Å². The maximum absolute atomic E-state index is 9.30. The van der Waals surface area contributed by atoms with Crippen LogP contribution in [0.15, 0.2) is 48.5 Å². The predicted molar refractivity (Wildman–Crippen MR) is 82.6 cm³/mol. The molecule has 0 aliphatic rings. The molecule has 1 atom stereocenters. The number of aryl methyl sites for hydroxylation is 1. The molecule has 0 spiro atoms. The first-order valence-corrected chi connectivity index (χ1v) is 6.96. The summed E-state index contributed by atoms with van der Waals surface area (Å²) in [6.07, 6.45) is 0.663. The molecule has 2 rings (SSSR count). The molecule has 0 amide bonds. The highest BCUT2D eigenvalue weighted by Crippen LogP contribution is 2.22. The summed E-state index contributed by atoms with van der Waals surface area (Å²) in [4.78, 5) is 0. The minimum Gasteiger partial charge on any atom is -0.497 e. The first-order valence-electron chi connectivity index (χ1n) is 6.96. The fraction of sp³-hybridized carbons (Fsp3) is 0.278. The average molecular weight is 281 g/mol. The predicted octanol–water partition coefficient (Wildman–Crippen LogP) is 4.08. The summed E-state index contributed by atoms with van der Waals surface area (Å²) in [5, 5.41) is 9.30. The van der Waals surface area contributed by atoms with Crippen LogP contribution >= 0.6 is 0 Å². The number of hydrogen-bond donors (Lipinski definition) is 0. The Balaban J connectivity index is 1.90. The van der Waals surface area contributed by atoms with Crippen LogP contribution in [0.25, 0.3) is 0 Å². The molecule has 0 saturated carbocycles. The highest BCUT2D eigenvalue weighted by molar-refractivity contribution is 5.32. The standard InChI is InChI=1S/C18H19NO2/c1-14-3-7-18(8-4-14)21-12-11-16(13-19)15-5-9-17(20-2)10-6-15/h3-10,16H,11-12H2,1-2H3. The minimum atomic E-state index is -0.165. The number of ether oxygens (including phenoxy) is 2. The van der Waals surface area contributed by atoms with Gasteiger partial charge in [-0.05, 0) is 36.8 Å². The van der Waals surface area contributed by atoms with Crippen molar-refractivity contribution in [3.05, 3.63) is 59.7 Å². The number of rotatable bonds is 6. The van der Waals surface area contributed by atoms with Gasteiger partial charge in [0.1, 0.15) is 11.5 Å². The lowest BCUT2D eigenvalue weighted by atomic mass is 9.97. The Hall–Kier alpha value is -2.47. The third-order valence-corrected chi connectivity index (χ3v) is 3.37. The van der Waals surface area contributed by atoms with Crippen molar-refractivity contribution >= 4 is 0 Å². The van der Waals surface area contributed by atoms with Gasteiger partial charge in [0.2, 0.25) is 0 Å². The monoisotopic (exact) mass is 281 g/mol. The fourth-order valence-electron chi connectivity index (χ4n) is 2.07. The van der Waals surface area contributed by atoms with Crippen molar-refractivity contribution in [2.24, 2.45) is 0 Å². The summed E-state index contributed by atoms with van der Waals surface area (Å²) in [6.45, 7) is 2.56. The molecular weight excluding hydrogens is 262 g/mol. The Morgan fingerprint density at radius 3 is 2.19 bits per heavy atom. The molecule has 0 fully saturated rings. The van der Waals surface area contributed by atoms with Crippen molar-refractivity contribution < 1.29 is 9.47 Å². The van der Waals surface area contributed by atoms with Crippen LogP contribution in [0.1, 0.15) is 23.5 Å². The summed E-state index contributed by atoms with van der Waals surface area (Å²) in [6, 6.07) is 17.9. The van der Waals surface area contributed by atoms with Gasteiger partial charge in [0.15, 0.2) is 0 Å². The average Bonchev–Trinajstić information content (AvgIpc) is 2.53. The van der Waals surface area contributed by atoms with Crippen molar-refractivity contribution in [1.29, 1.82) is 5.26 Å². The number of nitriles is 1. The van der Waals surface area contributed by atoms with E-state index in [1.165, 1.54) is 5.56 Å². The van der Waals surface area contributed by atoms with Crippen LogP contribution in [-0.2, 0) is 0 Å². The zero-order valence-electron chi connectivity index (χ0n) is 12.4. The van der Waals surface area contributed by atoms with E-state index < -0.39 is 0 Å². The van der Waals surface area contributed by atoms with E-state index >= 15 is 0 Å². The van der Waals surface area contributed by atoms with Crippen molar-refractivity contribution in [3.63, 3.8) is 0 Å². The van der Waals surface area contributed by atoms with Gasteiger partial charge >= 0.3 is 0 Å². The van der Waals surface area contributed by atoms with Gasteiger partial charge in [-0.2, -0.15) is 5.26 Å². The van der Waals surface area contributed by atoms with Gasteiger partial charge in [-0.25, -0.2) is 0 Å². The molecule has 0 aliphatic heterocycles. The van der Waals surface area contributed by atoms with E-state index in [2.05, 4.69) is 6.07 Å². The van der Waals surface area contributed by atoms with E-state index in [9.17, 15) is 5.26 Å². The molecule has 0 radical (unpaired) electrons. The molecule has 2 aromatic carbocycles. The normalized spacial score (nSPS) is 11.5. The van der Waals surface area contributed by atoms with Crippen LogP contribution in [-0.4, -0.2) is 13.7 Å². The Bertz CT molecular complexity index is 597. The molecular formula is C18H19NO2. The number of hydrogen-bond acceptors (Lipinski definition) is 3. The third kappa shape index (κ3) is 4.25. The first kappa shape index (κ1) is 14.9. The SMILES string of the molecule is COc1ccc(C(C#N)CCOc2ccc(C)cc2)cc1. The van der Waals surface area contributed by atoms with E-state index in [1.807, 2.05) is 55.5 Å². The van der Waals surface area contributed by atoms with Crippen LogP contribution in [0.4, 0.5) is 0 Å². The largest absolute Gasteiger partial charge is 0.497 e. The van der Waals surface area contributed by atoms with Crippen LogP contribution < -0.4 is 9.47 Å². The Labute approximate surface area is 125 Å². The highest BCUT2D eigenvalue weighted by Gasteiger charge is 2.11. The van der Waals surface area contributed by atoms with Crippen molar-refractivity contribution in [3.8, 4) is 17.6 Å². The maximum atomic E-state index is 9.30. The van der Waals surface area contributed by atoms with Gasteiger partial charge in [0.25, 0.3) is 0 Å². The lowest BCUT2D eigenvalue weighted by molar-refractivity contribution is 0.306. The summed E-state index contributed by atoms with van der Waals surface area (Å²) in [5.41, 5.74) is 2.20. The molecule has 21 heavy (non-hydrogen) atoms. The van der Waals surface area contributed by atoms with Gasteiger partial charge in [-0.15, -0.1) is 0 Å². The summed E-state index contributed by atoms with van der Waals surface area (Å²) in [7, 11) is 1.63. The lowest BCUT2D eigenvalue weighted by Crippen LogP contribution is -2.04. The topological polar surface area (TPSA) is 42.2 Å². The molecule has 0 aliphatic carbocycles. The van der Waals surface area contributed by atoms with Crippen molar-refractivity contribution in [1.82, 2.24) is 0 Å². The molecule has 1 unspecified atom stereocenters. The van der Waals surface area contributed by atoms with Gasteiger partial charge in [-0.1, -0.05) is 29.8 Å². The van der Waals surface area contributed by atoms with Gasteiger partial charge in [0.05, 0.1) is 25.7 Å². The van der Waals surface area contributed by atoms with Crippen molar-refractivity contribution in [2.75, 3.05) is 13.7 Å². The quantitative estimate of drug-likeness (QED) is 0.801. The van der Waals surface area contributed by atoms with Crippen LogP contribution in [0, 0.1) is 18.3 Å².